The van der Waals surface area contributed by atoms with Crippen LogP contribution in [0.1, 0.15) is 64.2 Å². The maximum atomic E-state index is 3.44. The molecule has 0 spiro atoms. The van der Waals surface area contributed by atoms with Crippen LogP contribution in [0.2, 0.25) is 0 Å². The summed E-state index contributed by atoms with van der Waals surface area (Å²) in [6.07, 6.45) is 2.55. The molecule has 0 saturated carbocycles. The Morgan fingerprint density at radius 3 is 2.17 bits per heavy atom. The van der Waals surface area contributed by atoms with Gasteiger partial charge in [0.05, 0.1) is 0 Å². The molecule has 0 N–H and O–H groups in total. The van der Waals surface area contributed by atoms with Crippen molar-refractivity contribution in [2.75, 3.05) is 0 Å². The van der Waals surface area contributed by atoms with Gasteiger partial charge in [-0.25, -0.2) is 0 Å². The van der Waals surface area contributed by atoms with Crippen LogP contribution in [-0.2, 0) is 10.8 Å². The fraction of sp³-hybridized carbons (Fsp3) is 0.529. The number of benzene rings is 1. The maximum Gasteiger partial charge on any atom is -0.0100 e. The van der Waals surface area contributed by atoms with Gasteiger partial charge in [-0.05, 0) is 57.8 Å². The molecule has 0 heterocycles. The molecule has 98 valence electrons. The lowest BCUT2D eigenvalue weighted by Crippen LogP contribution is -2.33. The quantitative estimate of drug-likeness (QED) is 0.616. The van der Waals surface area contributed by atoms with Crippen LogP contribution in [0.25, 0.3) is 5.57 Å². The van der Waals surface area contributed by atoms with Crippen LogP contribution in [-0.4, -0.2) is 0 Å². The highest BCUT2D eigenvalue weighted by atomic mass is 79.9. The zero-order chi connectivity index (χ0) is 13.6. The van der Waals surface area contributed by atoms with Gasteiger partial charge < -0.3 is 0 Å². The molecular formula is C17H23Br. The van der Waals surface area contributed by atoms with Gasteiger partial charge in [0.15, 0.2) is 0 Å². The molecular weight excluding hydrogens is 284 g/mol. The first kappa shape index (κ1) is 13.9. The van der Waals surface area contributed by atoms with E-state index in [0.29, 0.717) is 10.8 Å². The summed E-state index contributed by atoms with van der Waals surface area (Å²) in [6.45, 7) is 11.6. The molecule has 1 aliphatic rings. The van der Waals surface area contributed by atoms with E-state index in [1.54, 1.807) is 0 Å². The van der Waals surface area contributed by atoms with Crippen LogP contribution in [0.15, 0.2) is 23.2 Å². The van der Waals surface area contributed by atoms with Crippen LogP contribution in [0.4, 0.5) is 0 Å². The molecule has 0 saturated heterocycles. The monoisotopic (exact) mass is 306 g/mol. The van der Waals surface area contributed by atoms with Gasteiger partial charge in [0, 0.05) is 0 Å². The van der Waals surface area contributed by atoms with Crippen LogP contribution >= 0.6 is 15.9 Å². The number of hydrogen-bond donors (Lipinski definition) is 0. The van der Waals surface area contributed by atoms with Crippen molar-refractivity contribution in [3.63, 3.8) is 0 Å². The van der Waals surface area contributed by atoms with Crippen molar-refractivity contribution >= 4 is 21.5 Å². The second-order valence-electron chi connectivity index (χ2n) is 6.82. The van der Waals surface area contributed by atoms with Crippen LogP contribution in [0.5, 0.6) is 0 Å². The van der Waals surface area contributed by atoms with Gasteiger partial charge in [0.1, 0.15) is 0 Å². The predicted octanol–water partition coefficient (Wildman–Crippen LogP) is 5.79. The van der Waals surface area contributed by atoms with E-state index in [-0.39, 0.29) is 0 Å². The normalized spacial score (nSPS) is 21.6. The summed E-state index contributed by atoms with van der Waals surface area (Å²) in [6, 6.07) is 6.99. The predicted molar refractivity (Wildman–Crippen MR) is 84.3 cm³/mol. The van der Waals surface area contributed by atoms with Crippen molar-refractivity contribution in [2.24, 2.45) is 0 Å². The molecule has 0 atom stereocenters. The van der Waals surface area contributed by atoms with Crippen molar-refractivity contribution in [2.45, 2.75) is 58.3 Å². The maximum absolute atomic E-state index is 3.44. The fourth-order valence-electron chi connectivity index (χ4n) is 2.90. The average molecular weight is 307 g/mol. The molecule has 18 heavy (non-hydrogen) atoms. The minimum Gasteiger partial charge on any atom is -0.0592 e. The number of halogens is 1. The van der Waals surface area contributed by atoms with Crippen LogP contribution in [0, 0.1) is 0 Å². The first-order valence-electron chi connectivity index (χ1n) is 6.70. The molecule has 1 aromatic carbocycles. The minimum absolute atomic E-state index is 0.299. The van der Waals surface area contributed by atoms with Gasteiger partial charge in [0.2, 0.25) is 0 Å². The van der Waals surface area contributed by atoms with Crippen molar-refractivity contribution in [1.29, 1.82) is 0 Å². The Kier molecular flexibility index (Phi) is 3.48. The van der Waals surface area contributed by atoms with E-state index in [9.17, 15) is 0 Å². The number of allylic oxidation sites excluding steroid dienone is 1. The largest absolute Gasteiger partial charge is 0.0592 e. The Bertz CT molecular complexity index is 492. The van der Waals surface area contributed by atoms with Gasteiger partial charge in [-0.1, -0.05) is 61.8 Å². The van der Waals surface area contributed by atoms with E-state index in [4.69, 9.17) is 0 Å². The van der Waals surface area contributed by atoms with Gasteiger partial charge in [-0.2, -0.15) is 0 Å². The second-order valence-corrected chi connectivity index (χ2v) is 7.28. The van der Waals surface area contributed by atoms with E-state index in [1.807, 2.05) is 4.99 Å². The average Bonchev–Trinajstić information content (AvgIpc) is 2.34. The van der Waals surface area contributed by atoms with Gasteiger partial charge in [-0.15, -0.1) is 0 Å². The highest BCUT2D eigenvalue weighted by Crippen LogP contribution is 2.46. The highest BCUT2D eigenvalue weighted by Gasteiger charge is 2.36. The summed E-state index contributed by atoms with van der Waals surface area (Å²) in [4.78, 5) is 2.01. The lowest BCUT2D eigenvalue weighted by molar-refractivity contribution is 0.332. The van der Waals surface area contributed by atoms with Gasteiger partial charge >= 0.3 is 0 Å². The Hall–Kier alpha value is -0.560. The molecule has 0 amide bonds. The van der Waals surface area contributed by atoms with Crippen molar-refractivity contribution < 1.29 is 0 Å². The summed E-state index contributed by atoms with van der Waals surface area (Å²) >= 11 is 3.44. The Balaban J connectivity index is 2.62. The smallest absolute Gasteiger partial charge is 0.0100 e. The molecule has 1 aromatic rings. The van der Waals surface area contributed by atoms with E-state index in [2.05, 4.69) is 68.7 Å². The summed E-state index contributed by atoms with van der Waals surface area (Å²) in [7, 11) is 0. The van der Waals surface area contributed by atoms with Crippen LogP contribution < -0.4 is 0 Å². The lowest BCUT2D eigenvalue weighted by Gasteiger charge is -2.42. The molecule has 1 heteroatoms. The molecule has 1 aliphatic carbocycles. The Morgan fingerprint density at radius 2 is 1.61 bits per heavy atom. The first-order chi connectivity index (χ1) is 8.28. The third-order valence-electron chi connectivity index (χ3n) is 4.47. The summed E-state index contributed by atoms with van der Waals surface area (Å²) in [5, 5.41) is 0. The van der Waals surface area contributed by atoms with E-state index in [0.717, 1.165) is 0 Å². The first-order valence-corrected chi connectivity index (χ1v) is 7.62. The topological polar surface area (TPSA) is 0 Å². The molecule has 0 unspecified atom stereocenters. The molecule has 0 radical (unpaired) electrons. The Labute approximate surface area is 120 Å². The molecule has 0 nitrogen and oxygen atoms in total. The Morgan fingerprint density at radius 1 is 1.06 bits per heavy atom. The SMILES string of the molecule is C/C(=C\Br)c1ccc2c(c1)C(C)(C)CCC2(C)C. The molecule has 2 rings (SSSR count). The lowest BCUT2D eigenvalue weighted by atomic mass is 9.63. The molecule has 0 bridgehead atoms. The zero-order valence-electron chi connectivity index (χ0n) is 12.1. The second kappa shape index (κ2) is 4.52. The summed E-state index contributed by atoms with van der Waals surface area (Å²) < 4.78 is 0. The van der Waals surface area contributed by atoms with Gasteiger partial charge in [0.25, 0.3) is 0 Å². The number of fused-ring (bicyclic) bond motifs is 1. The summed E-state index contributed by atoms with van der Waals surface area (Å²) in [5.74, 6) is 0. The summed E-state index contributed by atoms with van der Waals surface area (Å²) in [5.41, 5.74) is 6.30. The molecule has 0 aliphatic heterocycles. The van der Waals surface area contributed by atoms with E-state index in [1.165, 1.54) is 35.1 Å². The number of rotatable bonds is 1. The number of hydrogen-bond acceptors (Lipinski definition) is 0. The van der Waals surface area contributed by atoms with Gasteiger partial charge in [-0.3, -0.25) is 0 Å². The highest BCUT2D eigenvalue weighted by molar-refractivity contribution is 9.11. The minimum atomic E-state index is 0.299. The fourth-order valence-corrected chi connectivity index (χ4v) is 3.16. The van der Waals surface area contributed by atoms with Crippen LogP contribution in [0.3, 0.4) is 0 Å². The third-order valence-corrected chi connectivity index (χ3v) is 5.16. The van der Waals surface area contributed by atoms with Crippen molar-refractivity contribution in [3.8, 4) is 0 Å². The molecule has 0 fully saturated rings. The standard InChI is InChI=1S/C17H23Br/c1-12(11-18)13-6-7-14-15(10-13)17(4,5)9-8-16(14,2)3/h6-7,10-11H,8-9H2,1-5H3/b12-11+. The third kappa shape index (κ3) is 2.30. The van der Waals surface area contributed by atoms with Crippen molar-refractivity contribution in [3.05, 3.63) is 39.9 Å². The van der Waals surface area contributed by atoms with Crippen molar-refractivity contribution in [1.82, 2.24) is 0 Å². The molecule has 0 aromatic heterocycles. The van der Waals surface area contributed by atoms with E-state index < -0.39 is 0 Å². The van der Waals surface area contributed by atoms with E-state index >= 15 is 0 Å². The zero-order valence-corrected chi connectivity index (χ0v) is 13.7.